The molecule has 0 spiro atoms. The van der Waals surface area contributed by atoms with E-state index in [1.165, 1.54) is 148 Å². The highest BCUT2D eigenvalue weighted by Crippen LogP contribution is 2.49. The Kier molecular flexibility index (Phi) is 37.2. The van der Waals surface area contributed by atoms with E-state index in [4.69, 9.17) is 9.37 Å². The van der Waals surface area contributed by atoms with E-state index in [-0.39, 0.29) is 12.1 Å². The van der Waals surface area contributed by atoms with E-state index in [1.807, 2.05) is 0 Å². The smallest absolute Gasteiger partial charge is 0.306 e. The van der Waals surface area contributed by atoms with Gasteiger partial charge in [-0.3, -0.25) is 14.9 Å². The molecule has 0 amide bonds. The van der Waals surface area contributed by atoms with E-state index < -0.39 is 6.17 Å². The Morgan fingerprint density at radius 1 is 0.646 bits per heavy atom. The summed E-state index contributed by atoms with van der Waals surface area (Å²) in [6.07, 6.45) is 42.6. The van der Waals surface area contributed by atoms with Gasteiger partial charge < -0.3 is 20.2 Å². The fourth-order valence-electron chi connectivity index (χ4n) is 9.93. The third kappa shape index (κ3) is 29.4. The van der Waals surface area contributed by atoms with Crippen molar-refractivity contribution in [3.63, 3.8) is 0 Å². The topological polar surface area (TPSA) is 142 Å². The molecule has 0 bridgehead atoms. The van der Waals surface area contributed by atoms with Gasteiger partial charge in [0.1, 0.15) is 18.1 Å². The Bertz CT molecular complexity index is 1230. The zero-order chi connectivity index (χ0) is 47.0. The lowest BCUT2D eigenvalue weighted by Gasteiger charge is -2.23. The summed E-state index contributed by atoms with van der Waals surface area (Å²) in [5, 5.41) is 23.9. The van der Waals surface area contributed by atoms with Gasteiger partial charge in [0, 0.05) is 25.8 Å². The Morgan fingerprint density at radius 2 is 1.14 bits per heavy atom. The molecule has 1 saturated carbocycles. The summed E-state index contributed by atoms with van der Waals surface area (Å²) in [6, 6.07) is 0. The van der Waals surface area contributed by atoms with Crippen LogP contribution in [0.25, 0.3) is 0 Å². The van der Waals surface area contributed by atoms with Crippen molar-refractivity contribution in [2.75, 3.05) is 38.5 Å². The average molecular weight is 917 g/mol. The lowest BCUT2D eigenvalue weighted by Crippen LogP contribution is -2.35. The van der Waals surface area contributed by atoms with Crippen molar-refractivity contribution in [1.82, 2.24) is 26.0 Å². The van der Waals surface area contributed by atoms with Gasteiger partial charge in [-0.25, -0.2) is 4.63 Å². The van der Waals surface area contributed by atoms with Gasteiger partial charge in [-0.05, 0) is 106 Å². The van der Waals surface area contributed by atoms with Gasteiger partial charge in [0.05, 0.1) is 0 Å². The zero-order valence-corrected chi connectivity index (χ0v) is 43.1. The number of hydrogen-bond acceptors (Lipinski definition) is 11. The van der Waals surface area contributed by atoms with Gasteiger partial charge in [-0.15, -0.1) is 0 Å². The van der Waals surface area contributed by atoms with Crippen LogP contribution in [0.15, 0.2) is 4.63 Å². The Hall–Kier alpha value is -2.08. The third-order valence-corrected chi connectivity index (χ3v) is 14.3. The highest BCUT2D eigenvalue weighted by molar-refractivity contribution is 5.83. The molecule has 0 radical (unpaired) electrons. The molecule has 1 aromatic heterocycles. The first-order valence-electron chi connectivity index (χ1n) is 28.0. The maximum atomic E-state index is 13.3. The summed E-state index contributed by atoms with van der Waals surface area (Å²) in [4.78, 5) is 28.5. The van der Waals surface area contributed by atoms with Crippen molar-refractivity contribution >= 4 is 17.6 Å². The third-order valence-electron chi connectivity index (χ3n) is 14.3. The predicted molar refractivity (Wildman–Crippen MR) is 270 cm³/mol. The second kappa shape index (κ2) is 40.9. The normalized spacial score (nSPS) is 15.8. The van der Waals surface area contributed by atoms with E-state index in [0.717, 1.165) is 103 Å². The molecule has 4 atom stereocenters. The summed E-state index contributed by atoms with van der Waals surface area (Å²) in [7, 11) is 1.75. The van der Waals surface area contributed by atoms with Gasteiger partial charge in [0.15, 0.2) is 11.5 Å². The van der Waals surface area contributed by atoms with Crippen molar-refractivity contribution in [2.24, 2.45) is 17.8 Å². The van der Waals surface area contributed by atoms with E-state index >= 15 is 0 Å². The van der Waals surface area contributed by atoms with Crippen LogP contribution in [0.2, 0.25) is 0 Å². The molecule has 11 heteroatoms. The molecule has 380 valence electrons. The largest absolute Gasteiger partial charge is 0.462 e. The van der Waals surface area contributed by atoms with E-state index in [0.29, 0.717) is 42.1 Å². The van der Waals surface area contributed by atoms with Crippen molar-refractivity contribution in [3.8, 4) is 0 Å². The second-order valence-corrected chi connectivity index (χ2v) is 19.9. The van der Waals surface area contributed by atoms with Crippen molar-refractivity contribution < 1.29 is 24.2 Å². The Balaban J connectivity index is 1.71. The number of anilines is 1. The lowest BCUT2D eigenvalue weighted by molar-refractivity contribution is -0.149. The van der Waals surface area contributed by atoms with Crippen molar-refractivity contribution in [3.05, 3.63) is 5.69 Å². The van der Waals surface area contributed by atoms with E-state index in [1.54, 1.807) is 7.05 Å². The van der Waals surface area contributed by atoms with Crippen molar-refractivity contribution in [2.45, 2.75) is 271 Å². The molecule has 1 heterocycles. The van der Waals surface area contributed by atoms with Crippen LogP contribution >= 0.6 is 0 Å². The van der Waals surface area contributed by atoms with Crippen LogP contribution in [0.5, 0.6) is 0 Å². The highest BCUT2D eigenvalue weighted by Gasteiger charge is 2.46. The molecule has 0 saturated heterocycles. The second-order valence-electron chi connectivity index (χ2n) is 19.9. The number of hydrogen-bond donors (Lipinski definition) is 4. The number of ether oxygens (including phenoxy) is 1. The zero-order valence-electron chi connectivity index (χ0n) is 43.1. The fraction of sp³-hybridized carbons (Fsp3) is 0.926. The summed E-state index contributed by atoms with van der Waals surface area (Å²) in [6.45, 7) is 12.8. The van der Waals surface area contributed by atoms with Crippen LogP contribution < -0.4 is 16.1 Å². The maximum absolute atomic E-state index is 13.3. The number of nitrogens with zero attached hydrogens (tertiary/aromatic N) is 3. The van der Waals surface area contributed by atoms with E-state index in [9.17, 15) is 14.8 Å². The monoisotopic (exact) mass is 917 g/mol. The molecule has 0 aromatic carbocycles. The Morgan fingerprint density at radius 3 is 1.68 bits per heavy atom. The molecule has 0 aliphatic heterocycles. The average Bonchev–Trinajstić information content (AvgIpc) is 3.98. The fourth-order valence-corrected chi connectivity index (χ4v) is 9.93. The number of esters is 1. The minimum atomic E-state index is -0.572. The summed E-state index contributed by atoms with van der Waals surface area (Å²) in [5.74, 6) is 2.84. The molecular weight excluding hydrogens is 813 g/mol. The molecule has 1 fully saturated rings. The predicted octanol–water partition coefficient (Wildman–Crippen LogP) is 14.4. The minimum Gasteiger partial charge on any atom is -0.462 e. The number of ketones is 1. The highest BCUT2D eigenvalue weighted by atomic mass is 16.6. The number of hydroxylamine groups is 1. The molecule has 1 aromatic rings. The quantitative estimate of drug-likeness (QED) is 0.0215. The van der Waals surface area contributed by atoms with Crippen molar-refractivity contribution in [1.29, 1.82) is 0 Å². The van der Waals surface area contributed by atoms with Gasteiger partial charge in [0.25, 0.3) is 0 Å². The number of carbonyl (C=O) groups excluding carboxylic acids is 2. The first-order valence-corrected chi connectivity index (χ1v) is 28.0. The van der Waals surface area contributed by atoms with Gasteiger partial charge in [-0.2, -0.15) is 5.48 Å². The number of rotatable bonds is 49. The van der Waals surface area contributed by atoms with Crippen LogP contribution in [0, 0.1) is 17.8 Å². The molecular formula is C54H104N6O5. The van der Waals surface area contributed by atoms with Gasteiger partial charge in [0.2, 0.25) is 0 Å². The first kappa shape index (κ1) is 59.0. The lowest BCUT2D eigenvalue weighted by atomic mass is 9.88. The maximum Gasteiger partial charge on any atom is 0.306 e. The van der Waals surface area contributed by atoms with Crippen LogP contribution in [0.3, 0.4) is 0 Å². The summed E-state index contributed by atoms with van der Waals surface area (Å²) in [5.41, 5.74) is 2.79. The number of unbranched alkanes of at least 4 members (excludes halogenated alkanes) is 23. The molecule has 4 N–H and O–H groups in total. The number of Topliss-reactive ketones (excluding diaryl/α,β-unsaturated/α-hetero) is 1. The Labute approximate surface area is 399 Å². The summed E-state index contributed by atoms with van der Waals surface area (Å²) < 4.78 is 10.7. The van der Waals surface area contributed by atoms with Gasteiger partial charge in [-0.1, -0.05) is 188 Å². The SMILES string of the molecule is CCCCCCCCC(CC)OC(=O)CCCCCCCN(CCCCCCCC(=O)C1C[C@@H]1C(CCCCCCCC)CCCCCCCC)CCCNC(NO)c1nonc1NC. The molecule has 65 heavy (non-hydrogen) atoms. The molecule has 1 aliphatic carbocycles. The number of aromatic nitrogens is 2. The summed E-state index contributed by atoms with van der Waals surface area (Å²) >= 11 is 0. The molecule has 3 unspecified atom stereocenters. The number of carbonyl (C=O) groups is 2. The number of nitrogens with one attached hydrogen (secondary N) is 3. The minimum absolute atomic E-state index is 0.0206. The van der Waals surface area contributed by atoms with Crippen LogP contribution in [0.4, 0.5) is 5.82 Å². The molecule has 2 rings (SSSR count). The van der Waals surface area contributed by atoms with Crippen LogP contribution in [-0.2, 0) is 14.3 Å². The van der Waals surface area contributed by atoms with Gasteiger partial charge >= 0.3 is 5.97 Å². The van der Waals surface area contributed by atoms with Crippen LogP contribution in [-0.4, -0.2) is 71.5 Å². The van der Waals surface area contributed by atoms with E-state index in [2.05, 4.69) is 59.0 Å². The van der Waals surface area contributed by atoms with Crippen LogP contribution in [0.1, 0.15) is 271 Å². The standard InChI is InChI=1S/C54H104N6O5/c1-6-10-13-16-21-28-36-46(37-29-22-17-14-11-7-2)48-45-49(48)50(61)39-31-24-19-26-33-42-60(44-35-41-56-54(57-63)52-53(55-5)59-65-58-52)43-34-27-20-25-32-40-51(62)64-47(9-4)38-30-23-18-15-12-8-3/h46-49,54,56-57,63H,6-45H2,1-5H3,(H,55,59)/t47?,48-,49?,54?/m1/s1. The molecule has 11 nitrogen and oxygen atoms in total. The first-order chi connectivity index (χ1) is 31.9. The molecule has 1 aliphatic rings.